The summed E-state index contributed by atoms with van der Waals surface area (Å²) >= 11 is 3.43. The van der Waals surface area contributed by atoms with Gasteiger partial charge in [-0.3, -0.25) is 0 Å². The van der Waals surface area contributed by atoms with Crippen LogP contribution in [0.3, 0.4) is 0 Å². The second-order valence-electron chi connectivity index (χ2n) is 3.00. The van der Waals surface area contributed by atoms with E-state index in [2.05, 4.69) is 21.9 Å². The van der Waals surface area contributed by atoms with E-state index in [0.717, 1.165) is 28.0 Å². The maximum Gasteiger partial charge on any atom is 0.136 e. The van der Waals surface area contributed by atoms with Crippen molar-refractivity contribution in [1.82, 2.24) is 0 Å². The Morgan fingerprint density at radius 1 is 1.27 bits per heavy atom. The maximum absolute atomic E-state index is 5.27. The van der Waals surface area contributed by atoms with E-state index in [-0.39, 0.29) is 0 Å². The summed E-state index contributed by atoms with van der Waals surface area (Å²) < 4.78 is 11.4. The van der Waals surface area contributed by atoms with Gasteiger partial charge in [0.1, 0.15) is 11.5 Å². The molecule has 0 unspecified atom stereocenters. The first-order valence-corrected chi connectivity index (χ1v) is 5.36. The Morgan fingerprint density at radius 2 is 1.93 bits per heavy atom. The fourth-order valence-corrected chi connectivity index (χ4v) is 1.88. The molecule has 0 aliphatic carbocycles. The summed E-state index contributed by atoms with van der Waals surface area (Å²) in [6.07, 6.45) is 6.75. The second-order valence-corrected chi connectivity index (χ2v) is 3.86. The van der Waals surface area contributed by atoms with E-state index in [1.807, 2.05) is 12.1 Å². The minimum atomic E-state index is 0.704. The molecule has 0 amide bonds. The van der Waals surface area contributed by atoms with Crippen LogP contribution in [0.2, 0.25) is 0 Å². The van der Waals surface area contributed by atoms with Crippen LogP contribution >= 0.6 is 15.9 Å². The summed E-state index contributed by atoms with van der Waals surface area (Å²) in [4.78, 5) is 0. The predicted molar refractivity (Wildman–Crippen MR) is 64.4 cm³/mol. The Morgan fingerprint density at radius 3 is 2.47 bits per heavy atom. The zero-order chi connectivity index (χ0) is 11.3. The van der Waals surface area contributed by atoms with Gasteiger partial charge in [0.05, 0.1) is 18.7 Å². The highest BCUT2D eigenvalue weighted by atomic mass is 79.9. The Hall–Kier alpha value is -1.14. The van der Waals surface area contributed by atoms with E-state index in [4.69, 9.17) is 15.9 Å². The summed E-state index contributed by atoms with van der Waals surface area (Å²) in [5, 5.41) is 0. The summed E-state index contributed by atoms with van der Waals surface area (Å²) in [5.74, 6) is 4.18. The summed E-state index contributed by atoms with van der Waals surface area (Å²) in [5.41, 5.74) is 1.09. The normalized spacial score (nSPS) is 9.47. The van der Waals surface area contributed by atoms with Gasteiger partial charge < -0.3 is 9.47 Å². The molecule has 0 atom stereocenters. The van der Waals surface area contributed by atoms with Gasteiger partial charge in [0.2, 0.25) is 0 Å². The summed E-state index contributed by atoms with van der Waals surface area (Å²) in [7, 11) is 3.27. The first-order chi connectivity index (χ1) is 7.22. The number of rotatable bonds is 4. The molecule has 0 radical (unpaired) electrons. The third kappa shape index (κ3) is 2.90. The molecule has 0 saturated carbocycles. The minimum Gasteiger partial charge on any atom is -0.496 e. The predicted octanol–water partition coefficient (Wildman–Crippen LogP) is 3.03. The lowest BCUT2D eigenvalue weighted by Gasteiger charge is -2.11. The van der Waals surface area contributed by atoms with Crippen molar-refractivity contribution in [3.05, 3.63) is 22.2 Å². The molecule has 0 aliphatic rings. The fraction of sp³-hybridized carbons (Fsp3) is 0.333. The van der Waals surface area contributed by atoms with Gasteiger partial charge in [-0.05, 0) is 34.0 Å². The molecule has 1 aromatic rings. The van der Waals surface area contributed by atoms with Crippen molar-refractivity contribution in [3.63, 3.8) is 0 Å². The number of terminal acetylenes is 1. The van der Waals surface area contributed by atoms with E-state index in [9.17, 15) is 0 Å². The van der Waals surface area contributed by atoms with E-state index in [0.29, 0.717) is 6.42 Å². The summed E-state index contributed by atoms with van der Waals surface area (Å²) in [6, 6.07) is 3.84. The van der Waals surface area contributed by atoms with Crippen LogP contribution < -0.4 is 9.47 Å². The third-order valence-corrected chi connectivity index (χ3v) is 2.71. The number of halogens is 1. The van der Waals surface area contributed by atoms with E-state index >= 15 is 0 Å². The number of benzene rings is 1. The molecule has 0 bridgehead atoms. The Kier molecular flexibility index (Phi) is 4.51. The monoisotopic (exact) mass is 268 g/mol. The second kappa shape index (κ2) is 5.67. The van der Waals surface area contributed by atoms with Crippen LogP contribution in [0.25, 0.3) is 0 Å². The Labute approximate surface area is 98.7 Å². The Balaban J connectivity index is 3.05. The molecule has 2 nitrogen and oxygen atoms in total. The SMILES string of the molecule is C#CCCc1cc(Br)c(OC)cc1OC. The molecule has 0 N–H and O–H groups in total. The molecule has 3 heteroatoms. The first kappa shape index (κ1) is 11.9. The zero-order valence-electron chi connectivity index (χ0n) is 8.84. The van der Waals surface area contributed by atoms with Crippen LogP contribution in [0.5, 0.6) is 11.5 Å². The molecular weight excluding hydrogens is 256 g/mol. The molecule has 0 heterocycles. The van der Waals surface area contributed by atoms with E-state index in [1.54, 1.807) is 14.2 Å². The van der Waals surface area contributed by atoms with Crippen LogP contribution in [0, 0.1) is 12.3 Å². The first-order valence-electron chi connectivity index (χ1n) is 4.56. The highest BCUT2D eigenvalue weighted by molar-refractivity contribution is 9.10. The average molecular weight is 269 g/mol. The van der Waals surface area contributed by atoms with Crippen LogP contribution in [-0.4, -0.2) is 14.2 Å². The standard InChI is InChI=1S/C12H13BrO2/c1-4-5-6-9-7-10(13)12(15-3)8-11(9)14-2/h1,7-8H,5-6H2,2-3H3. The van der Waals surface area contributed by atoms with Gasteiger partial charge >= 0.3 is 0 Å². The van der Waals surface area contributed by atoms with Crippen LogP contribution in [0.1, 0.15) is 12.0 Å². The summed E-state index contributed by atoms with van der Waals surface area (Å²) in [6.45, 7) is 0. The number of hydrogen-bond acceptors (Lipinski definition) is 2. The smallest absolute Gasteiger partial charge is 0.136 e. The van der Waals surface area contributed by atoms with Crippen molar-refractivity contribution in [2.45, 2.75) is 12.8 Å². The maximum atomic E-state index is 5.27. The molecule has 0 fully saturated rings. The van der Waals surface area contributed by atoms with Gasteiger partial charge in [-0.2, -0.15) is 0 Å². The van der Waals surface area contributed by atoms with Crippen molar-refractivity contribution in [2.24, 2.45) is 0 Å². The number of methoxy groups -OCH3 is 2. The van der Waals surface area contributed by atoms with Gasteiger partial charge in [0, 0.05) is 12.5 Å². The molecule has 0 aliphatic heterocycles. The molecule has 0 spiro atoms. The van der Waals surface area contributed by atoms with Crippen molar-refractivity contribution in [3.8, 4) is 23.8 Å². The van der Waals surface area contributed by atoms with Crippen molar-refractivity contribution < 1.29 is 9.47 Å². The van der Waals surface area contributed by atoms with Gasteiger partial charge in [0.25, 0.3) is 0 Å². The molecule has 15 heavy (non-hydrogen) atoms. The van der Waals surface area contributed by atoms with Crippen molar-refractivity contribution >= 4 is 15.9 Å². The van der Waals surface area contributed by atoms with Gasteiger partial charge in [0.15, 0.2) is 0 Å². The highest BCUT2D eigenvalue weighted by Crippen LogP contribution is 2.33. The molecule has 0 saturated heterocycles. The lowest BCUT2D eigenvalue weighted by molar-refractivity contribution is 0.389. The lowest BCUT2D eigenvalue weighted by atomic mass is 10.1. The number of aryl methyl sites for hydroxylation is 1. The van der Waals surface area contributed by atoms with Crippen molar-refractivity contribution in [2.75, 3.05) is 14.2 Å². The molecular formula is C12H13BrO2. The van der Waals surface area contributed by atoms with E-state index < -0.39 is 0 Å². The van der Waals surface area contributed by atoms with E-state index in [1.165, 1.54) is 0 Å². The topological polar surface area (TPSA) is 18.5 Å². The van der Waals surface area contributed by atoms with Crippen molar-refractivity contribution in [1.29, 1.82) is 0 Å². The van der Waals surface area contributed by atoms with Gasteiger partial charge in [-0.25, -0.2) is 0 Å². The average Bonchev–Trinajstić information content (AvgIpc) is 2.26. The quantitative estimate of drug-likeness (QED) is 0.782. The van der Waals surface area contributed by atoms with Gasteiger partial charge in [-0.15, -0.1) is 12.3 Å². The van der Waals surface area contributed by atoms with Crippen LogP contribution in [-0.2, 0) is 6.42 Å². The minimum absolute atomic E-state index is 0.704. The van der Waals surface area contributed by atoms with Crippen LogP contribution in [0.15, 0.2) is 16.6 Å². The van der Waals surface area contributed by atoms with Gasteiger partial charge in [-0.1, -0.05) is 0 Å². The number of hydrogen-bond donors (Lipinski definition) is 0. The highest BCUT2D eigenvalue weighted by Gasteiger charge is 2.08. The Bertz CT molecular complexity index is 380. The zero-order valence-corrected chi connectivity index (χ0v) is 10.4. The van der Waals surface area contributed by atoms with Crippen LogP contribution in [0.4, 0.5) is 0 Å². The lowest BCUT2D eigenvalue weighted by Crippen LogP contribution is -1.94. The molecule has 80 valence electrons. The molecule has 1 aromatic carbocycles. The largest absolute Gasteiger partial charge is 0.496 e. The fourth-order valence-electron chi connectivity index (χ4n) is 1.32. The molecule has 1 rings (SSSR count). The molecule has 0 aromatic heterocycles. The number of ether oxygens (including phenoxy) is 2. The third-order valence-electron chi connectivity index (χ3n) is 2.09.